The first-order chi connectivity index (χ1) is 9.59. The molecule has 8 atom stereocenters. The molecule has 0 aliphatic heterocycles. The normalized spacial score (nSPS) is 58.6. The van der Waals surface area contributed by atoms with E-state index in [4.69, 9.17) is 0 Å². The van der Waals surface area contributed by atoms with Crippen molar-refractivity contribution in [3.8, 4) is 0 Å². The van der Waals surface area contributed by atoms with Gasteiger partial charge in [-0.3, -0.25) is 0 Å². The molecule has 2 heteroatoms. The smallest absolute Gasteiger partial charge is 0.0571 e. The van der Waals surface area contributed by atoms with E-state index in [0.717, 1.165) is 42.9 Å². The first kappa shape index (κ1) is 13.6. The van der Waals surface area contributed by atoms with E-state index in [1.807, 2.05) is 0 Å². The zero-order chi connectivity index (χ0) is 13.9. The average Bonchev–Trinajstić information content (AvgIpc) is 2.82. The highest BCUT2D eigenvalue weighted by Crippen LogP contribution is 2.62. The molecule has 0 aromatic rings. The molecule has 0 aromatic carbocycles. The lowest BCUT2D eigenvalue weighted by molar-refractivity contribution is -0.111. The third kappa shape index (κ3) is 1.83. The number of hydrogen-bond acceptors (Lipinski definition) is 2. The van der Waals surface area contributed by atoms with Crippen molar-refractivity contribution in [2.75, 3.05) is 0 Å². The van der Waals surface area contributed by atoms with Gasteiger partial charge in [0.2, 0.25) is 0 Å². The summed E-state index contributed by atoms with van der Waals surface area (Å²) in [5.41, 5.74) is 0.487. The standard InChI is InChI=1S/C18H30O2/c1-18-9-8-12(19)10-11(18)2-3-14-13-5-7-17(20)15(13)4-6-16(14)18/h11-17,19-20H,2-10H2,1H3. The number of rotatable bonds is 0. The molecular weight excluding hydrogens is 248 g/mol. The van der Waals surface area contributed by atoms with E-state index in [2.05, 4.69) is 6.92 Å². The summed E-state index contributed by atoms with van der Waals surface area (Å²) in [4.78, 5) is 0. The summed E-state index contributed by atoms with van der Waals surface area (Å²) in [6.07, 6.45) is 10.9. The van der Waals surface area contributed by atoms with Gasteiger partial charge in [-0.05, 0) is 92.8 Å². The van der Waals surface area contributed by atoms with E-state index in [-0.39, 0.29) is 12.2 Å². The minimum Gasteiger partial charge on any atom is -0.393 e. The summed E-state index contributed by atoms with van der Waals surface area (Å²) in [5, 5.41) is 20.2. The second kappa shape index (κ2) is 4.71. The van der Waals surface area contributed by atoms with Crippen molar-refractivity contribution < 1.29 is 10.2 Å². The van der Waals surface area contributed by atoms with E-state index >= 15 is 0 Å². The van der Waals surface area contributed by atoms with Crippen LogP contribution in [0.1, 0.15) is 64.7 Å². The zero-order valence-electron chi connectivity index (χ0n) is 12.8. The molecule has 0 spiro atoms. The van der Waals surface area contributed by atoms with Crippen LogP contribution in [0.25, 0.3) is 0 Å². The zero-order valence-corrected chi connectivity index (χ0v) is 12.8. The maximum atomic E-state index is 10.2. The lowest BCUT2D eigenvalue weighted by atomic mass is 9.47. The Morgan fingerprint density at radius 1 is 0.800 bits per heavy atom. The Morgan fingerprint density at radius 2 is 1.55 bits per heavy atom. The largest absolute Gasteiger partial charge is 0.393 e. The summed E-state index contributed by atoms with van der Waals surface area (Å²) >= 11 is 0. The summed E-state index contributed by atoms with van der Waals surface area (Å²) in [6, 6.07) is 0. The van der Waals surface area contributed by atoms with E-state index in [1.165, 1.54) is 38.5 Å². The second-order valence-corrected chi connectivity index (χ2v) is 8.53. The predicted molar refractivity (Wildman–Crippen MR) is 79.1 cm³/mol. The third-order valence-corrected chi connectivity index (χ3v) is 7.92. The van der Waals surface area contributed by atoms with Crippen molar-refractivity contribution in [2.45, 2.75) is 76.9 Å². The Kier molecular flexibility index (Phi) is 3.20. The maximum Gasteiger partial charge on any atom is 0.0571 e. The van der Waals surface area contributed by atoms with Crippen molar-refractivity contribution >= 4 is 0 Å². The molecule has 2 N–H and O–H groups in total. The quantitative estimate of drug-likeness (QED) is 0.713. The minimum absolute atomic E-state index is 0.000317. The predicted octanol–water partition coefficient (Wildman–Crippen LogP) is 3.36. The van der Waals surface area contributed by atoms with Crippen molar-refractivity contribution in [1.82, 2.24) is 0 Å². The van der Waals surface area contributed by atoms with Crippen molar-refractivity contribution in [3.63, 3.8) is 0 Å². The minimum atomic E-state index is -0.0331. The first-order valence-electron chi connectivity index (χ1n) is 8.95. The Bertz CT molecular complexity index is 382. The molecule has 0 amide bonds. The number of fused-ring (bicyclic) bond motifs is 5. The van der Waals surface area contributed by atoms with Crippen LogP contribution in [0.3, 0.4) is 0 Å². The molecular formula is C18H30O2. The monoisotopic (exact) mass is 278 g/mol. The molecule has 0 radical (unpaired) electrons. The molecule has 4 rings (SSSR count). The molecule has 20 heavy (non-hydrogen) atoms. The fraction of sp³-hybridized carbons (Fsp3) is 1.00. The Hall–Kier alpha value is -0.0800. The van der Waals surface area contributed by atoms with Crippen LogP contribution in [-0.2, 0) is 0 Å². The average molecular weight is 278 g/mol. The van der Waals surface area contributed by atoms with E-state index in [0.29, 0.717) is 11.3 Å². The van der Waals surface area contributed by atoms with Crippen LogP contribution >= 0.6 is 0 Å². The van der Waals surface area contributed by atoms with Gasteiger partial charge in [-0.25, -0.2) is 0 Å². The van der Waals surface area contributed by atoms with Gasteiger partial charge in [-0.15, -0.1) is 0 Å². The van der Waals surface area contributed by atoms with E-state index < -0.39 is 0 Å². The summed E-state index contributed by atoms with van der Waals surface area (Å²) in [6.45, 7) is 2.53. The summed E-state index contributed by atoms with van der Waals surface area (Å²) in [5.74, 6) is 3.94. The van der Waals surface area contributed by atoms with Crippen LogP contribution in [0.2, 0.25) is 0 Å². The third-order valence-electron chi connectivity index (χ3n) is 7.92. The molecule has 0 bridgehead atoms. The molecule has 8 unspecified atom stereocenters. The fourth-order valence-electron chi connectivity index (χ4n) is 6.86. The summed E-state index contributed by atoms with van der Waals surface area (Å²) in [7, 11) is 0. The van der Waals surface area contributed by atoms with Crippen molar-refractivity contribution in [2.24, 2.45) is 35.0 Å². The fourth-order valence-corrected chi connectivity index (χ4v) is 6.86. The molecule has 4 aliphatic carbocycles. The molecule has 4 saturated carbocycles. The van der Waals surface area contributed by atoms with Gasteiger partial charge in [0, 0.05) is 0 Å². The van der Waals surface area contributed by atoms with Crippen LogP contribution in [-0.4, -0.2) is 22.4 Å². The highest BCUT2D eigenvalue weighted by atomic mass is 16.3. The highest BCUT2D eigenvalue weighted by Gasteiger charge is 2.56. The van der Waals surface area contributed by atoms with Gasteiger partial charge in [-0.2, -0.15) is 0 Å². The van der Waals surface area contributed by atoms with Crippen molar-refractivity contribution in [3.05, 3.63) is 0 Å². The molecule has 0 heterocycles. The number of aliphatic hydroxyl groups excluding tert-OH is 2. The van der Waals surface area contributed by atoms with Gasteiger partial charge in [0.05, 0.1) is 12.2 Å². The number of aliphatic hydroxyl groups is 2. The Morgan fingerprint density at radius 3 is 2.40 bits per heavy atom. The second-order valence-electron chi connectivity index (χ2n) is 8.53. The SMILES string of the molecule is CC12CCC(O)CC1CCC1C3CCC(O)C3CCC12. The topological polar surface area (TPSA) is 40.5 Å². The lowest BCUT2D eigenvalue weighted by Crippen LogP contribution is -2.52. The Balaban J connectivity index is 1.59. The van der Waals surface area contributed by atoms with Crippen LogP contribution in [0.4, 0.5) is 0 Å². The molecule has 114 valence electrons. The van der Waals surface area contributed by atoms with Gasteiger partial charge < -0.3 is 10.2 Å². The first-order valence-corrected chi connectivity index (χ1v) is 8.95. The lowest BCUT2D eigenvalue weighted by Gasteiger charge is -2.58. The number of hydrogen-bond donors (Lipinski definition) is 2. The van der Waals surface area contributed by atoms with Crippen LogP contribution in [0.5, 0.6) is 0 Å². The van der Waals surface area contributed by atoms with Gasteiger partial charge in [0.25, 0.3) is 0 Å². The Labute approximate surface area is 123 Å². The van der Waals surface area contributed by atoms with Crippen LogP contribution in [0.15, 0.2) is 0 Å². The van der Waals surface area contributed by atoms with Gasteiger partial charge >= 0.3 is 0 Å². The van der Waals surface area contributed by atoms with E-state index in [1.54, 1.807) is 0 Å². The molecule has 2 nitrogen and oxygen atoms in total. The van der Waals surface area contributed by atoms with Gasteiger partial charge in [0.15, 0.2) is 0 Å². The van der Waals surface area contributed by atoms with Gasteiger partial charge in [-0.1, -0.05) is 6.92 Å². The van der Waals surface area contributed by atoms with Crippen LogP contribution < -0.4 is 0 Å². The molecule has 0 saturated heterocycles. The molecule has 4 fully saturated rings. The summed E-state index contributed by atoms with van der Waals surface area (Å²) < 4.78 is 0. The van der Waals surface area contributed by atoms with Gasteiger partial charge in [0.1, 0.15) is 0 Å². The van der Waals surface area contributed by atoms with Crippen LogP contribution in [0, 0.1) is 35.0 Å². The van der Waals surface area contributed by atoms with Crippen molar-refractivity contribution in [1.29, 1.82) is 0 Å². The van der Waals surface area contributed by atoms with E-state index in [9.17, 15) is 10.2 Å². The molecule has 4 aliphatic rings. The maximum absolute atomic E-state index is 10.2. The molecule has 0 aromatic heterocycles. The highest BCUT2D eigenvalue weighted by molar-refractivity contribution is 5.05.